The number of benzene rings is 3. The molecule has 28 heavy (non-hydrogen) atoms. The Bertz CT molecular complexity index is 1440. The number of furan rings is 1. The average Bonchev–Trinajstić information content (AvgIpc) is 3.07. The molecule has 138 valence electrons. The summed E-state index contributed by atoms with van der Waals surface area (Å²) in [5.41, 5.74) is 1.27. The maximum Gasteiger partial charge on any atom is 0.235 e. The minimum Gasteiger partial charge on any atom is -0.501 e. The molecule has 3 aromatic carbocycles. The molecule has 0 bridgehead atoms. The number of methoxy groups -OCH3 is 1. The van der Waals surface area contributed by atoms with Crippen molar-refractivity contribution < 1.29 is 18.7 Å². The highest BCUT2D eigenvalue weighted by Crippen LogP contribution is 2.40. The number of fused-ring (bicyclic) bond motifs is 4. The van der Waals surface area contributed by atoms with Gasteiger partial charge in [0.05, 0.1) is 12.5 Å². The Kier molecular flexibility index (Phi) is 3.46. The van der Waals surface area contributed by atoms with Gasteiger partial charge in [0.2, 0.25) is 16.9 Å². The van der Waals surface area contributed by atoms with Gasteiger partial charge in [-0.25, -0.2) is 0 Å². The van der Waals surface area contributed by atoms with Gasteiger partial charge in [-0.05, 0) is 35.9 Å². The van der Waals surface area contributed by atoms with Gasteiger partial charge in [-0.3, -0.25) is 4.79 Å². The van der Waals surface area contributed by atoms with E-state index in [4.69, 9.17) is 13.6 Å². The lowest BCUT2D eigenvalue weighted by Crippen LogP contribution is -2.02. The van der Waals surface area contributed by atoms with Gasteiger partial charge in [-0.1, -0.05) is 30.3 Å². The van der Waals surface area contributed by atoms with Crippen molar-refractivity contribution >= 4 is 32.7 Å². The van der Waals surface area contributed by atoms with Crippen LogP contribution in [0.25, 0.3) is 44.2 Å². The number of hydrogen-bond donors (Lipinski definition) is 1. The van der Waals surface area contributed by atoms with Crippen molar-refractivity contribution in [2.45, 2.75) is 6.92 Å². The molecule has 0 fully saturated rings. The molecule has 0 unspecified atom stereocenters. The zero-order chi connectivity index (χ0) is 19.4. The van der Waals surface area contributed by atoms with Crippen LogP contribution in [0.2, 0.25) is 0 Å². The van der Waals surface area contributed by atoms with Crippen LogP contribution in [0.5, 0.6) is 11.5 Å². The van der Waals surface area contributed by atoms with Crippen LogP contribution in [0.4, 0.5) is 0 Å². The minimum atomic E-state index is -0.511. The van der Waals surface area contributed by atoms with Gasteiger partial charge in [-0.2, -0.15) is 0 Å². The highest BCUT2D eigenvalue weighted by molar-refractivity contribution is 6.09. The van der Waals surface area contributed by atoms with Gasteiger partial charge in [0.1, 0.15) is 16.9 Å². The van der Waals surface area contributed by atoms with Gasteiger partial charge in [0.25, 0.3) is 0 Å². The molecule has 5 nitrogen and oxygen atoms in total. The fraction of sp³-hybridized carbons (Fsp3) is 0.0870. The Hall–Kier alpha value is -3.73. The van der Waals surface area contributed by atoms with Crippen molar-refractivity contribution in [1.82, 2.24) is 0 Å². The van der Waals surface area contributed by atoms with Crippen LogP contribution in [0.15, 0.2) is 68.2 Å². The zero-order valence-electron chi connectivity index (χ0n) is 15.3. The van der Waals surface area contributed by atoms with Gasteiger partial charge in [-0.15, -0.1) is 0 Å². The van der Waals surface area contributed by atoms with Crippen LogP contribution < -0.4 is 10.2 Å². The van der Waals surface area contributed by atoms with Crippen molar-refractivity contribution in [3.05, 3.63) is 70.4 Å². The van der Waals surface area contributed by atoms with Crippen molar-refractivity contribution in [2.75, 3.05) is 7.11 Å². The van der Waals surface area contributed by atoms with Gasteiger partial charge in [0.15, 0.2) is 5.76 Å². The molecule has 0 aliphatic carbocycles. The number of hydrogen-bond acceptors (Lipinski definition) is 5. The van der Waals surface area contributed by atoms with Gasteiger partial charge >= 0.3 is 0 Å². The molecule has 0 aliphatic heterocycles. The number of ether oxygens (including phenoxy) is 1. The second-order valence-corrected chi connectivity index (χ2v) is 6.69. The number of aromatic hydroxyl groups is 1. The van der Waals surface area contributed by atoms with E-state index >= 15 is 0 Å². The summed E-state index contributed by atoms with van der Waals surface area (Å²) >= 11 is 0. The predicted octanol–water partition coefficient (Wildman–Crippen LogP) is 5.38. The van der Waals surface area contributed by atoms with E-state index in [2.05, 4.69) is 0 Å². The molecule has 0 aliphatic rings. The fourth-order valence-electron chi connectivity index (χ4n) is 3.68. The summed E-state index contributed by atoms with van der Waals surface area (Å²) in [6.07, 6.45) is 0. The highest BCUT2D eigenvalue weighted by Gasteiger charge is 2.23. The Morgan fingerprint density at radius 1 is 0.893 bits per heavy atom. The molecule has 1 N–H and O–H groups in total. The zero-order valence-corrected chi connectivity index (χ0v) is 15.3. The van der Waals surface area contributed by atoms with Crippen molar-refractivity contribution in [2.24, 2.45) is 0 Å². The first-order valence-corrected chi connectivity index (χ1v) is 8.83. The van der Waals surface area contributed by atoms with Crippen LogP contribution in [-0.2, 0) is 0 Å². The fourth-order valence-corrected chi connectivity index (χ4v) is 3.68. The third kappa shape index (κ3) is 2.23. The van der Waals surface area contributed by atoms with Gasteiger partial charge in [0, 0.05) is 17.0 Å². The summed E-state index contributed by atoms with van der Waals surface area (Å²) in [6, 6.07) is 16.7. The molecular formula is C23H16O5. The molecule has 0 saturated heterocycles. The smallest absolute Gasteiger partial charge is 0.235 e. The molecule has 0 amide bonds. The van der Waals surface area contributed by atoms with Crippen LogP contribution in [0, 0.1) is 6.92 Å². The second kappa shape index (κ2) is 5.89. The topological polar surface area (TPSA) is 72.8 Å². The van der Waals surface area contributed by atoms with Crippen molar-refractivity contribution in [1.29, 1.82) is 0 Å². The van der Waals surface area contributed by atoms with E-state index in [1.807, 2.05) is 43.3 Å². The number of aryl methyl sites for hydroxylation is 1. The lowest BCUT2D eigenvalue weighted by atomic mass is 10.0. The van der Waals surface area contributed by atoms with E-state index in [-0.39, 0.29) is 11.1 Å². The quantitative estimate of drug-likeness (QED) is 0.450. The third-order valence-electron chi connectivity index (χ3n) is 5.10. The summed E-state index contributed by atoms with van der Waals surface area (Å²) < 4.78 is 17.1. The minimum absolute atomic E-state index is 0.0172. The Balaban J connectivity index is 1.86. The maximum atomic E-state index is 12.7. The van der Waals surface area contributed by atoms with Crippen LogP contribution in [0.1, 0.15) is 5.56 Å². The van der Waals surface area contributed by atoms with Gasteiger partial charge < -0.3 is 18.7 Å². The Labute approximate surface area is 159 Å². The lowest BCUT2D eigenvalue weighted by Gasteiger charge is -2.06. The summed E-state index contributed by atoms with van der Waals surface area (Å²) in [7, 11) is 1.54. The van der Waals surface area contributed by atoms with Crippen LogP contribution in [-0.4, -0.2) is 12.2 Å². The molecule has 5 heteroatoms. The van der Waals surface area contributed by atoms with E-state index in [9.17, 15) is 9.90 Å². The molecule has 0 atom stereocenters. The molecule has 2 aromatic heterocycles. The lowest BCUT2D eigenvalue weighted by molar-refractivity contribution is 0.413. The largest absolute Gasteiger partial charge is 0.501 e. The van der Waals surface area contributed by atoms with E-state index < -0.39 is 11.2 Å². The van der Waals surface area contributed by atoms with E-state index in [0.29, 0.717) is 22.7 Å². The predicted molar refractivity (Wildman–Crippen MR) is 108 cm³/mol. The molecular weight excluding hydrogens is 356 g/mol. The third-order valence-corrected chi connectivity index (χ3v) is 5.10. The standard InChI is InChI=1S/C23H16O5/c1-12-19-15-6-4-3-5-13(15)7-10-17(19)27-22(12)23-21(25)20(24)16-9-8-14(26-2)11-18(16)28-23/h3-11,25H,1-2H3. The Morgan fingerprint density at radius 2 is 1.68 bits per heavy atom. The first-order valence-electron chi connectivity index (χ1n) is 8.83. The Morgan fingerprint density at radius 3 is 2.50 bits per heavy atom. The summed E-state index contributed by atoms with van der Waals surface area (Å²) in [6.45, 7) is 1.89. The molecule has 5 aromatic rings. The van der Waals surface area contributed by atoms with Crippen LogP contribution in [0.3, 0.4) is 0 Å². The van der Waals surface area contributed by atoms with Crippen LogP contribution >= 0.6 is 0 Å². The average molecular weight is 372 g/mol. The monoisotopic (exact) mass is 372 g/mol. The van der Waals surface area contributed by atoms with E-state index in [1.54, 1.807) is 18.2 Å². The molecule has 0 radical (unpaired) electrons. The highest BCUT2D eigenvalue weighted by atomic mass is 16.5. The van der Waals surface area contributed by atoms with Crippen molar-refractivity contribution in [3.63, 3.8) is 0 Å². The van der Waals surface area contributed by atoms with Crippen molar-refractivity contribution in [3.8, 4) is 23.0 Å². The van der Waals surface area contributed by atoms with E-state index in [1.165, 1.54) is 7.11 Å². The molecule has 2 heterocycles. The molecule has 0 spiro atoms. The second-order valence-electron chi connectivity index (χ2n) is 6.69. The number of rotatable bonds is 2. The molecule has 5 rings (SSSR count). The maximum absolute atomic E-state index is 12.7. The SMILES string of the molecule is COc1ccc2c(=O)c(O)c(-c3oc4ccc5ccccc5c4c3C)oc2c1. The molecule has 0 saturated carbocycles. The first-order chi connectivity index (χ1) is 13.6. The summed E-state index contributed by atoms with van der Waals surface area (Å²) in [5, 5.41) is 13.9. The summed E-state index contributed by atoms with van der Waals surface area (Å²) in [5.74, 6) is 0.443. The summed E-state index contributed by atoms with van der Waals surface area (Å²) in [4.78, 5) is 12.7. The first kappa shape index (κ1) is 16.4. The normalized spacial score (nSPS) is 11.5. The van der Waals surface area contributed by atoms with E-state index in [0.717, 1.165) is 21.7 Å².